The summed E-state index contributed by atoms with van der Waals surface area (Å²) in [5.74, 6) is 0.815. The van der Waals surface area contributed by atoms with Gasteiger partial charge in [0.1, 0.15) is 0 Å². The first kappa shape index (κ1) is 11.4. The van der Waals surface area contributed by atoms with E-state index in [4.69, 9.17) is 0 Å². The molecule has 1 nitrogen and oxygen atoms in total. The van der Waals surface area contributed by atoms with E-state index in [1.165, 1.54) is 51.4 Å². The Morgan fingerprint density at radius 3 is 2.13 bits per heavy atom. The first-order chi connectivity index (χ1) is 7.12. The summed E-state index contributed by atoms with van der Waals surface area (Å²) in [4.78, 5) is 0. The Bertz CT molecular complexity index is 207. The van der Waals surface area contributed by atoms with Crippen LogP contribution in [0.25, 0.3) is 0 Å². The van der Waals surface area contributed by atoms with Crippen molar-refractivity contribution in [1.82, 2.24) is 0 Å². The van der Waals surface area contributed by atoms with Crippen LogP contribution >= 0.6 is 0 Å². The predicted octanol–water partition coefficient (Wildman–Crippen LogP) is 3.90. The average Bonchev–Trinajstić information content (AvgIpc) is 2.29. The minimum Gasteiger partial charge on any atom is -0.390 e. The largest absolute Gasteiger partial charge is 0.390 e. The Morgan fingerprint density at radius 2 is 1.67 bits per heavy atom. The maximum Gasteiger partial charge on any atom is 0.0675 e. The van der Waals surface area contributed by atoms with Crippen LogP contribution in [0.15, 0.2) is 0 Å². The van der Waals surface area contributed by atoms with Crippen LogP contribution in [0.4, 0.5) is 0 Å². The fraction of sp³-hybridized carbons (Fsp3) is 1.00. The minimum atomic E-state index is -0.418. The Morgan fingerprint density at radius 1 is 1.13 bits per heavy atom. The van der Waals surface area contributed by atoms with Crippen molar-refractivity contribution in [3.63, 3.8) is 0 Å². The molecule has 15 heavy (non-hydrogen) atoms. The van der Waals surface area contributed by atoms with Crippen molar-refractivity contribution in [1.29, 1.82) is 0 Å². The molecule has 2 aliphatic rings. The SMILES string of the molecule is CCC(C)(O)C12CCCCC1CCCC2. The van der Waals surface area contributed by atoms with Crippen LogP contribution in [-0.2, 0) is 0 Å². The standard InChI is InChI=1S/C14H26O/c1-3-13(2,15)14-10-6-4-8-12(14)9-5-7-11-14/h12,15H,3-11H2,1-2H3. The molecule has 1 unspecified atom stereocenters. The molecule has 2 fully saturated rings. The van der Waals surface area contributed by atoms with Crippen LogP contribution in [0.3, 0.4) is 0 Å². The van der Waals surface area contributed by atoms with E-state index in [9.17, 15) is 5.11 Å². The fourth-order valence-corrected chi connectivity index (χ4v) is 4.22. The molecule has 1 heteroatoms. The van der Waals surface area contributed by atoms with E-state index in [0.29, 0.717) is 0 Å². The summed E-state index contributed by atoms with van der Waals surface area (Å²) in [5, 5.41) is 10.7. The lowest BCUT2D eigenvalue weighted by atomic mass is 9.52. The second kappa shape index (κ2) is 4.08. The topological polar surface area (TPSA) is 20.2 Å². The van der Waals surface area contributed by atoms with Crippen LogP contribution in [0, 0.1) is 11.3 Å². The van der Waals surface area contributed by atoms with Gasteiger partial charge in [-0.05, 0) is 44.9 Å². The van der Waals surface area contributed by atoms with Gasteiger partial charge in [0.2, 0.25) is 0 Å². The molecule has 0 saturated heterocycles. The molecule has 0 aromatic heterocycles. The second-order valence-electron chi connectivity index (χ2n) is 5.97. The maximum absolute atomic E-state index is 10.7. The second-order valence-corrected chi connectivity index (χ2v) is 5.97. The number of hydrogen-bond acceptors (Lipinski definition) is 1. The number of fused-ring (bicyclic) bond motifs is 1. The van der Waals surface area contributed by atoms with Crippen molar-refractivity contribution >= 4 is 0 Å². The number of rotatable bonds is 2. The van der Waals surface area contributed by atoms with Gasteiger partial charge in [-0.1, -0.05) is 32.6 Å². The highest BCUT2D eigenvalue weighted by molar-refractivity contribution is 5.03. The quantitative estimate of drug-likeness (QED) is 0.733. The van der Waals surface area contributed by atoms with Gasteiger partial charge in [-0.25, -0.2) is 0 Å². The van der Waals surface area contributed by atoms with Gasteiger partial charge in [0.25, 0.3) is 0 Å². The van der Waals surface area contributed by atoms with Crippen molar-refractivity contribution in [2.45, 2.75) is 77.2 Å². The summed E-state index contributed by atoms with van der Waals surface area (Å²) in [6.45, 7) is 4.24. The van der Waals surface area contributed by atoms with E-state index in [0.717, 1.165) is 12.3 Å². The van der Waals surface area contributed by atoms with Crippen molar-refractivity contribution in [2.24, 2.45) is 11.3 Å². The van der Waals surface area contributed by atoms with Crippen molar-refractivity contribution in [2.75, 3.05) is 0 Å². The zero-order valence-corrected chi connectivity index (χ0v) is 10.4. The van der Waals surface area contributed by atoms with Gasteiger partial charge >= 0.3 is 0 Å². The Hall–Kier alpha value is -0.0400. The Kier molecular flexibility index (Phi) is 3.12. The molecule has 0 aliphatic heterocycles. The van der Waals surface area contributed by atoms with Crippen molar-refractivity contribution in [3.8, 4) is 0 Å². The van der Waals surface area contributed by atoms with Gasteiger partial charge in [0, 0.05) is 5.41 Å². The summed E-state index contributed by atoms with van der Waals surface area (Å²) < 4.78 is 0. The smallest absolute Gasteiger partial charge is 0.0675 e. The summed E-state index contributed by atoms with van der Waals surface area (Å²) in [5.41, 5.74) is -0.142. The van der Waals surface area contributed by atoms with E-state index < -0.39 is 5.60 Å². The van der Waals surface area contributed by atoms with E-state index in [-0.39, 0.29) is 5.41 Å². The van der Waals surface area contributed by atoms with E-state index in [1.54, 1.807) is 0 Å². The third-order valence-corrected chi connectivity index (χ3v) is 5.39. The first-order valence-corrected chi connectivity index (χ1v) is 6.85. The molecular formula is C14H26O. The predicted molar refractivity (Wildman–Crippen MR) is 63.8 cm³/mol. The van der Waals surface area contributed by atoms with Gasteiger partial charge in [-0.15, -0.1) is 0 Å². The monoisotopic (exact) mass is 210 g/mol. The summed E-state index contributed by atoms with van der Waals surface area (Å²) in [6, 6.07) is 0. The average molecular weight is 210 g/mol. The zero-order chi connectivity index (χ0) is 10.9. The number of hydrogen-bond donors (Lipinski definition) is 1. The van der Waals surface area contributed by atoms with Crippen LogP contribution < -0.4 is 0 Å². The number of aliphatic hydroxyl groups is 1. The molecule has 0 aromatic carbocycles. The summed E-state index contributed by atoms with van der Waals surface area (Å²) in [6.07, 6.45) is 11.7. The normalized spacial score (nSPS) is 40.6. The Labute approximate surface area is 94.3 Å². The zero-order valence-electron chi connectivity index (χ0n) is 10.4. The molecule has 2 saturated carbocycles. The molecule has 2 rings (SSSR count). The van der Waals surface area contributed by atoms with E-state index in [1.807, 2.05) is 0 Å². The molecule has 0 radical (unpaired) electrons. The lowest BCUT2D eigenvalue weighted by Crippen LogP contribution is -2.53. The van der Waals surface area contributed by atoms with Gasteiger partial charge < -0.3 is 5.11 Å². The first-order valence-electron chi connectivity index (χ1n) is 6.85. The highest BCUT2D eigenvalue weighted by atomic mass is 16.3. The van der Waals surface area contributed by atoms with Gasteiger partial charge in [-0.2, -0.15) is 0 Å². The fourth-order valence-electron chi connectivity index (χ4n) is 4.22. The molecule has 1 atom stereocenters. The van der Waals surface area contributed by atoms with Gasteiger partial charge in [-0.3, -0.25) is 0 Å². The molecule has 2 aliphatic carbocycles. The molecule has 0 spiro atoms. The molecular weight excluding hydrogens is 184 g/mol. The maximum atomic E-state index is 10.7. The molecule has 0 aromatic rings. The van der Waals surface area contributed by atoms with Crippen molar-refractivity contribution in [3.05, 3.63) is 0 Å². The van der Waals surface area contributed by atoms with Gasteiger partial charge in [0.15, 0.2) is 0 Å². The lowest BCUT2D eigenvalue weighted by Gasteiger charge is -2.55. The third kappa shape index (κ3) is 1.73. The van der Waals surface area contributed by atoms with Crippen LogP contribution in [-0.4, -0.2) is 10.7 Å². The van der Waals surface area contributed by atoms with Crippen molar-refractivity contribution < 1.29 is 5.11 Å². The van der Waals surface area contributed by atoms with E-state index in [2.05, 4.69) is 13.8 Å². The Balaban J connectivity index is 2.26. The minimum absolute atomic E-state index is 0.276. The van der Waals surface area contributed by atoms with Crippen LogP contribution in [0.1, 0.15) is 71.6 Å². The van der Waals surface area contributed by atoms with Crippen LogP contribution in [0.2, 0.25) is 0 Å². The van der Waals surface area contributed by atoms with E-state index >= 15 is 0 Å². The summed E-state index contributed by atoms with van der Waals surface area (Å²) in [7, 11) is 0. The highest BCUT2D eigenvalue weighted by Crippen LogP contribution is 2.57. The molecule has 1 N–H and O–H groups in total. The van der Waals surface area contributed by atoms with Crippen LogP contribution in [0.5, 0.6) is 0 Å². The highest BCUT2D eigenvalue weighted by Gasteiger charge is 2.52. The lowest BCUT2D eigenvalue weighted by molar-refractivity contribution is -0.142. The summed E-state index contributed by atoms with van der Waals surface area (Å²) >= 11 is 0. The third-order valence-electron chi connectivity index (χ3n) is 5.39. The molecule has 88 valence electrons. The molecule has 0 amide bonds. The molecule has 0 heterocycles. The van der Waals surface area contributed by atoms with Gasteiger partial charge in [0.05, 0.1) is 5.60 Å². The molecule has 0 bridgehead atoms.